The summed E-state index contributed by atoms with van der Waals surface area (Å²) in [5.41, 5.74) is 2.86. The van der Waals surface area contributed by atoms with Gasteiger partial charge in [0.2, 0.25) is 0 Å². The van der Waals surface area contributed by atoms with E-state index in [9.17, 15) is 9.18 Å². The number of ether oxygens (including phenoxy) is 4. The Morgan fingerprint density at radius 2 is 2.13 bits per heavy atom. The van der Waals surface area contributed by atoms with E-state index in [2.05, 4.69) is 5.32 Å². The van der Waals surface area contributed by atoms with Crippen LogP contribution < -0.4 is 10.1 Å². The van der Waals surface area contributed by atoms with Crippen LogP contribution in [0.4, 0.5) is 10.1 Å². The summed E-state index contributed by atoms with van der Waals surface area (Å²) >= 11 is 0. The molecule has 0 amide bonds. The van der Waals surface area contributed by atoms with Crippen LogP contribution in [0.3, 0.4) is 0 Å². The van der Waals surface area contributed by atoms with Gasteiger partial charge in [-0.15, -0.1) is 0 Å². The number of fused-ring (bicyclic) bond motifs is 1. The van der Waals surface area contributed by atoms with E-state index in [0.29, 0.717) is 24.2 Å². The molecule has 0 bridgehead atoms. The lowest BCUT2D eigenvalue weighted by Gasteiger charge is -2.28. The van der Waals surface area contributed by atoms with Gasteiger partial charge in [0.1, 0.15) is 11.6 Å². The molecule has 31 heavy (non-hydrogen) atoms. The zero-order valence-electron chi connectivity index (χ0n) is 17.6. The van der Waals surface area contributed by atoms with Crippen LogP contribution in [0.2, 0.25) is 0 Å². The summed E-state index contributed by atoms with van der Waals surface area (Å²) in [5.74, 6) is -0.887. The third-order valence-corrected chi connectivity index (χ3v) is 5.32. The Hall–Kier alpha value is -2.74. The van der Waals surface area contributed by atoms with Crippen molar-refractivity contribution in [3.05, 3.63) is 65.0 Å². The van der Waals surface area contributed by atoms with Crippen LogP contribution in [-0.4, -0.2) is 38.1 Å². The summed E-state index contributed by atoms with van der Waals surface area (Å²) in [5, 5.41) is 3.32. The molecule has 3 atom stereocenters. The van der Waals surface area contributed by atoms with E-state index in [1.54, 1.807) is 25.3 Å². The van der Waals surface area contributed by atoms with E-state index in [1.165, 1.54) is 12.1 Å². The Kier molecular flexibility index (Phi) is 6.65. The molecule has 0 saturated carbocycles. The lowest BCUT2D eigenvalue weighted by atomic mass is 10.0. The van der Waals surface area contributed by atoms with Crippen molar-refractivity contribution >= 4 is 17.7 Å². The lowest BCUT2D eigenvalue weighted by molar-refractivity contribution is -0.181. The minimum absolute atomic E-state index is 0.0344. The summed E-state index contributed by atoms with van der Waals surface area (Å²) in [7, 11) is 1.59. The van der Waals surface area contributed by atoms with Gasteiger partial charge in [0.05, 0.1) is 24.9 Å². The van der Waals surface area contributed by atoms with Crippen molar-refractivity contribution in [2.45, 2.75) is 44.8 Å². The van der Waals surface area contributed by atoms with E-state index in [1.807, 2.05) is 25.1 Å². The highest BCUT2D eigenvalue weighted by atomic mass is 19.1. The van der Waals surface area contributed by atoms with Crippen LogP contribution in [0.5, 0.6) is 5.75 Å². The zero-order chi connectivity index (χ0) is 21.8. The number of carbonyl (C=O) groups is 1. The molecule has 1 saturated heterocycles. The molecular formula is C24H26FNO5. The second-order valence-electron chi connectivity index (χ2n) is 7.77. The van der Waals surface area contributed by atoms with Crippen LogP contribution >= 0.6 is 0 Å². The van der Waals surface area contributed by atoms with Gasteiger partial charge < -0.3 is 24.3 Å². The van der Waals surface area contributed by atoms with Gasteiger partial charge in [0.25, 0.3) is 0 Å². The van der Waals surface area contributed by atoms with Gasteiger partial charge in [-0.1, -0.05) is 12.2 Å². The van der Waals surface area contributed by atoms with Gasteiger partial charge >= 0.3 is 5.97 Å². The maximum Gasteiger partial charge on any atom is 0.343 e. The number of rotatable bonds is 6. The summed E-state index contributed by atoms with van der Waals surface area (Å²) in [6.07, 6.45) is 5.03. The van der Waals surface area contributed by atoms with Crippen molar-refractivity contribution in [2.75, 3.05) is 19.0 Å². The number of esters is 1. The van der Waals surface area contributed by atoms with E-state index < -0.39 is 11.8 Å². The van der Waals surface area contributed by atoms with E-state index in [-0.39, 0.29) is 30.8 Å². The average Bonchev–Trinajstić information content (AvgIpc) is 2.77. The maximum atomic E-state index is 14.1. The third kappa shape index (κ3) is 5.50. The predicted octanol–water partition coefficient (Wildman–Crippen LogP) is 4.54. The number of hydrogen-bond acceptors (Lipinski definition) is 6. The van der Waals surface area contributed by atoms with Crippen molar-refractivity contribution in [1.82, 2.24) is 0 Å². The summed E-state index contributed by atoms with van der Waals surface area (Å²) < 4.78 is 36.1. The molecule has 0 spiro atoms. The standard InChI is InChI=1S/C24H26FNO5/c1-15-3-4-17-11-18(5-6-22(17)26-15)24(27)31-21-10-16(9-19(25)12-21)14-30-20-7-8-29-23(13-20)28-2/h3-6,9-12,15,20,23,26H,7-8,13-14H2,1-2H3. The molecule has 2 heterocycles. The molecular weight excluding hydrogens is 401 g/mol. The normalized spacial score (nSPS) is 22.5. The van der Waals surface area contributed by atoms with Crippen molar-refractivity contribution in [1.29, 1.82) is 0 Å². The highest BCUT2D eigenvalue weighted by Gasteiger charge is 2.23. The Morgan fingerprint density at radius 1 is 1.26 bits per heavy atom. The van der Waals surface area contributed by atoms with Gasteiger partial charge in [-0.2, -0.15) is 0 Å². The Morgan fingerprint density at radius 3 is 2.97 bits per heavy atom. The van der Waals surface area contributed by atoms with Gasteiger partial charge in [0, 0.05) is 31.3 Å². The third-order valence-electron chi connectivity index (χ3n) is 5.32. The lowest BCUT2D eigenvalue weighted by Crippen LogP contribution is -2.31. The van der Waals surface area contributed by atoms with Crippen LogP contribution in [0.15, 0.2) is 42.5 Å². The van der Waals surface area contributed by atoms with Crippen LogP contribution in [0, 0.1) is 5.82 Å². The van der Waals surface area contributed by atoms with Crippen LogP contribution in [-0.2, 0) is 20.8 Å². The number of benzene rings is 2. The number of methoxy groups -OCH3 is 1. The van der Waals surface area contributed by atoms with Gasteiger partial charge in [0.15, 0.2) is 6.29 Å². The summed E-state index contributed by atoms with van der Waals surface area (Å²) in [6, 6.07) is 9.72. The van der Waals surface area contributed by atoms with Crippen molar-refractivity contribution in [2.24, 2.45) is 0 Å². The van der Waals surface area contributed by atoms with Gasteiger partial charge in [-0.25, -0.2) is 9.18 Å². The van der Waals surface area contributed by atoms with Gasteiger partial charge in [-0.05, 0) is 54.8 Å². The van der Waals surface area contributed by atoms with Crippen LogP contribution in [0.25, 0.3) is 6.08 Å². The number of hydrogen-bond donors (Lipinski definition) is 1. The highest BCUT2D eigenvalue weighted by Crippen LogP contribution is 2.26. The van der Waals surface area contributed by atoms with Crippen LogP contribution in [0.1, 0.15) is 41.3 Å². The first-order valence-electron chi connectivity index (χ1n) is 10.4. The molecule has 2 aliphatic rings. The molecule has 164 valence electrons. The molecule has 1 fully saturated rings. The smallest absolute Gasteiger partial charge is 0.343 e. The first-order chi connectivity index (χ1) is 15.0. The molecule has 0 radical (unpaired) electrons. The number of carbonyl (C=O) groups excluding carboxylic acids is 1. The molecule has 4 rings (SSSR count). The van der Waals surface area contributed by atoms with Crippen molar-refractivity contribution in [3.8, 4) is 5.75 Å². The molecule has 0 aromatic heterocycles. The molecule has 3 unspecified atom stereocenters. The molecule has 2 aromatic rings. The Labute approximate surface area is 180 Å². The van der Waals surface area contributed by atoms with Crippen molar-refractivity contribution in [3.63, 3.8) is 0 Å². The molecule has 0 aliphatic carbocycles. The second-order valence-corrected chi connectivity index (χ2v) is 7.77. The maximum absolute atomic E-state index is 14.1. The fourth-order valence-corrected chi connectivity index (χ4v) is 3.69. The van der Waals surface area contributed by atoms with Crippen molar-refractivity contribution < 1.29 is 28.1 Å². The Bertz CT molecular complexity index is 976. The predicted molar refractivity (Wildman–Crippen MR) is 114 cm³/mol. The minimum Gasteiger partial charge on any atom is -0.423 e. The van der Waals surface area contributed by atoms with E-state index in [0.717, 1.165) is 17.7 Å². The van der Waals surface area contributed by atoms with E-state index in [4.69, 9.17) is 18.9 Å². The average molecular weight is 427 g/mol. The highest BCUT2D eigenvalue weighted by molar-refractivity contribution is 5.93. The second kappa shape index (κ2) is 9.60. The molecule has 2 aromatic carbocycles. The fraction of sp³-hybridized carbons (Fsp3) is 0.375. The molecule has 2 aliphatic heterocycles. The molecule has 1 N–H and O–H groups in total. The first-order valence-corrected chi connectivity index (χ1v) is 10.4. The SMILES string of the molecule is COC1CC(OCc2cc(F)cc(OC(=O)c3ccc4c(c3)C=CC(C)N4)c2)CCO1. The topological polar surface area (TPSA) is 66.0 Å². The molecule has 7 heteroatoms. The van der Waals surface area contributed by atoms with Gasteiger partial charge in [-0.3, -0.25) is 0 Å². The number of nitrogens with one attached hydrogen (secondary N) is 1. The Balaban J connectivity index is 1.40. The molecule has 6 nitrogen and oxygen atoms in total. The minimum atomic E-state index is -0.542. The summed E-state index contributed by atoms with van der Waals surface area (Å²) in [4.78, 5) is 12.6. The monoisotopic (exact) mass is 427 g/mol. The fourth-order valence-electron chi connectivity index (χ4n) is 3.69. The summed E-state index contributed by atoms with van der Waals surface area (Å²) in [6.45, 7) is 2.81. The first kappa shape index (κ1) is 21.5. The number of anilines is 1. The van der Waals surface area contributed by atoms with E-state index >= 15 is 0 Å². The zero-order valence-corrected chi connectivity index (χ0v) is 17.6. The number of halogens is 1. The quantitative estimate of drug-likeness (QED) is 0.539. The largest absolute Gasteiger partial charge is 0.423 e.